The van der Waals surface area contributed by atoms with Crippen LogP contribution in [-0.2, 0) is 11.2 Å². The molecule has 0 aliphatic carbocycles. The molecule has 0 radical (unpaired) electrons. The van der Waals surface area contributed by atoms with Crippen molar-refractivity contribution in [3.63, 3.8) is 0 Å². The minimum atomic E-state index is -0.912. The summed E-state index contributed by atoms with van der Waals surface area (Å²) in [5, 5.41) is 20.7. The standard InChI is InChI=1S/C12H15NO4/c14-6-9(15)7-17-10-3-1-2-8-4-5-11(16)13-12(8)10/h1-3,9,14-15H,4-7H2,(H,13,16). The summed E-state index contributed by atoms with van der Waals surface area (Å²) >= 11 is 0. The Balaban J connectivity index is 2.14. The highest BCUT2D eigenvalue weighted by Gasteiger charge is 2.18. The van der Waals surface area contributed by atoms with Crippen molar-refractivity contribution >= 4 is 11.6 Å². The summed E-state index contributed by atoms with van der Waals surface area (Å²) in [7, 11) is 0. The molecular weight excluding hydrogens is 222 g/mol. The van der Waals surface area contributed by atoms with Crippen LogP contribution < -0.4 is 10.1 Å². The average Bonchev–Trinajstić information content (AvgIpc) is 2.35. The van der Waals surface area contributed by atoms with Gasteiger partial charge in [0.2, 0.25) is 5.91 Å². The molecule has 0 fully saturated rings. The van der Waals surface area contributed by atoms with Gasteiger partial charge in [-0.15, -0.1) is 0 Å². The van der Waals surface area contributed by atoms with Gasteiger partial charge in [-0.05, 0) is 18.1 Å². The maximum Gasteiger partial charge on any atom is 0.224 e. The predicted molar refractivity (Wildman–Crippen MR) is 62.0 cm³/mol. The molecule has 1 aromatic carbocycles. The number of hydrogen-bond acceptors (Lipinski definition) is 4. The molecule has 0 saturated heterocycles. The van der Waals surface area contributed by atoms with E-state index >= 15 is 0 Å². The van der Waals surface area contributed by atoms with Crippen LogP contribution in [0.25, 0.3) is 0 Å². The van der Waals surface area contributed by atoms with Crippen molar-refractivity contribution in [3.05, 3.63) is 23.8 Å². The molecule has 0 spiro atoms. The van der Waals surface area contributed by atoms with Crippen LogP contribution >= 0.6 is 0 Å². The minimum absolute atomic E-state index is 0.00280. The Morgan fingerprint density at radius 2 is 2.24 bits per heavy atom. The number of fused-ring (bicyclic) bond motifs is 1. The molecule has 5 heteroatoms. The normalized spacial score (nSPS) is 16.0. The van der Waals surface area contributed by atoms with E-state index in [9.17, 15) is 9.90 Å². The zero-order chi connectivity index (χ0) is 12.3. The third-order valence-electron chi connectivity index (χ3n) is 2.64. The fraction of sp³-hybridized carbons (Fsp3) is 0.417. The van der Waals surface area contributed by atoms with E-state index in [0.29, 0.717) is 24.3 Å². The molecule has 2 rings (SSSR count). The van der Waals surface area contributed by atoms with E-state index in [1.165, 1.54) is 0 Å². The number of hydrogen-bond donors (Lipinski definition) is 3. The number of rotatable bonds is 4. The summed E-state index contributed by atoms with van der Waals surface area (Å²) in [6.07, 6.45) is 0.265. The molecule has 3 N–H and O–H groups in total. The molecule has 1 atom stereocenters. The van der Waals surface area contributed by atoms with Gasteiger partial charge in [-0.3, -0.25) is 4.79 Å². The van der Waals surface area contributed by atoms with Crippen molar-refractivity contribution in [1.29, 1.82) is 0 Å². The molecule has 0 aromatic heterocycles. The van der Waals surface area contributed by atoms with Crippen molar-refractivity contribution < 1.29 is 19.7 Å². The first kappa shape index (κ1) is 11.9. The summed E-state index contributed by atoms with van der Waals surface area (Å²) in [6.45, 7) is -0.343. The van der Waals surface area contributed by atoms with E-state index < -0.39 is 6.10 Å². The third kappa shape index (κ3) is 2.75. The highest BCUT2D eigenvalue weighted by molar-refractivity contribution is 5.95. The van der Waals surface area contributed by atoms with E-state index in [-0.39, 0.29) is 19.1 Å². The Labute approximate surface area is 99.0 Å². The lowest BCUT2D eigenvalue weighted by Gasteiger charge is -2.20. The van der Waals surface area contributed by atoms with Gasteiger partial charge in [-0.1, -0.05) is 12.1 Å². The zero-order valence-corrected chi connectivity index (χ0v) is 9.35. The Morgan fingerprint density at radius 3 is 3.00 bits per heavy atom. The molecule has 1 aliphatic heterocycles. The smallest absolute Gasteiger partial charge is 0.224 e. The monoisotopic (exact) mass is 237 g/mol. The lowest BCUT2D eigenvalue weighted by molar-refractivity contribution is -0.116. The van der Waals surface area contributed by atoms with Gasteiger partial charge in [-0.2, -0.15) is 0 Å². The number of aliphatic hydroxyl groups excluding tert-OH is 2. The average molecular weight is 237 g/mol. The lowest BCUT2D eigenvalue weighted by Crippen LogP contribution is -2.23. The van der Waals surface area contributed by atoms with Crippen LogP contribution in [0.15, 0.2) is 18.2 Å². The minimum Gasteiger partial charge on any atom is -0.489 e. The van der Waals surface area contributed by atoms with Crippen molar-refractivity contribution in [1.82, 2.24) is 0 Å². The van der Waals surface area contributed by atoms with Gasteiger partial charge < -0.3 is 20.3 Å². The molecule has 5 nitrogen and oxygen atoms in total. The topological polar surface area (TPSA) is 78.8 Å². The summed E-state index contributed by atoms with van der Waals surface area (Å²) in [5.74, 6) is 0.499. The van der Waals surface area contributed by atoms with Crippen LogP contribution in [0.2, 0.25) is 0 Å². The molecule has 1 amide bonds. The fourth-order valence-electron chi connectivity index (χ4n) is 1.74. The van der Waals surface area contributed by atoms with Gasteiger partial charge in [0.1, 0.15) is 18.5 Å². The number of aliphatic hydroxyl groups is 2. The summed E-state index contributed by atoms with van der Waals surface area (Å²) in [6, 6.07) is 5.51. The fourth-order valence-corrected chi connectivity index (χ4v) is 1.74. The number of benzene rings is 1. The molecule has 1 aromatic rings. The molecule has 92 valence electrons. The van der Waals surface area contributed by atoms with Crippen LogP contribution in [0.3, 0.4) is 0 Å². The SMILES string of the molecule is O=C1CCc2cccc(OCC(O)CO)c2N1. The summed E-state index contributed by atoms with van der Waals surface area (Å²) in [4.78, 5) is 11.3. The van der Waals surface area contributed by atoms with Gasteiger partial charge in [0.25, 0.3) is 0 Å². The van der Waals surface area contributed by atoms with Crippen molar-refractivity contribution in [2.24, 2.45) is 0 Å². The number of anilines is 1. The maximum atomic E-state index is 11.3. The second kappa shape index (κ2) is 5.16. The number of carbonyl (C=O) groups is 1. The van der Waals surface area contributed by atoms with E-state index in [2.05, 4.69) is 5.32 Å². The quantitative estimate of drug-likeness (QED) is 0.704. The molecule has 1 unspecified atom stereocenters. The van der Waals surface area contributed by atoms with Crippen LogP contribution in [0, 0.1) is 0 Å². The number of ether oxygens (including phenoxy) is 1. The molecule has 0 bridgehead atoms. The zero-order valence-electron chi connectivity index (χ0n) is 9.35. The first-order chi connectivity index (χ1) is 8.20. The summed E-state index contributed by atoms with van der Waals surface area (Å²) < 4.78 is 5.38. The molecular formula is C12H15NO4. The largest absolute Gasteiger partial charge is 0.489 e. The highest BCUT2D eigenvalue weighted by Crippen LogP contribution is 2.32. The van der Waals surface area contributed by atoms with Gasteiger partial charge >= 0.3 is 0 Å². The number of carbonyl (C=O) groups excluding carboxylic acids is 1. The highest BCUT2D eigenvalue weighted by atomic mass is 16.5. The second-order valence-corrected chi connectivity index (χ2v) is 3.99. The number of para-hydroxylation sites is 1. The van der Waals surface area contributed by atoms with Crippen LogP contribution in [0.4, 0.5) is 5.69 Å². The van der Waals surface area contributed by atoms with Crippen molar-refractivity contribution in [3.8, 4) is 5.75 Å². The molecule has 17 heavy (non-hydrogen) atoms. The Morgan fingerprint density at radius 1 is 1.41 bits per heavy atom. The Bertz CT molecular complexity index is 419. The van der Waals surface area contributed by atoms with Crippen molar-refractivity contribution in [2.45, 2.75) is 18.9 Å². The first-order valence-corrected chi connectivity index (χ1v) is 5.54. The van der Waals surface area contributed by atoms with Crippen molar-refractivity contribution in [2.75, 3.05) is 18.5 Å². The van der Waals surface area contributed by atoms with Crippen LogP contribution in [0.5, 0.6) is 5.75 Å². The maximum absolute atomic E-state index is 11.3. The lowest BCUT2D eigenvalue weighted by atomic mass is 10.0. The molecule has 1 heterocycles. The Kier molecular flexibility index (Phi) is 3.61. The molecule has 1 aliphatic rings. The van der Waals surface area contributed by atoms with Gasteiger partial charge in [-0.25, -0.2) is 0 Å². The third-order valence-corrected chi connectivity index (χ3v) is 2.64. The van der Waals surface area contributed by atoms with Gasteiger partial charge in [0.15, 0.2) is 0 Å². The van der Waals surface area contributed by atoms with Gasteiger partial charge in [0, 0.05) is 6.42 Å². The molecule has 0 saturated carbocycles. The first-order valence-electron chi connectivity index (χ1n) is 5.54. The predicted octanol–water partition coefficient (Wildman–Crippen LogP) is 0.303. The van der Waals surface area contributed by atoms with Crippen LogP contribution in [-0.4, -0.2) is 35.4 Å². The number of nitrogens with one attached hydrogen (secondary N) is 1. The number of aryl methyl sites for hydroxylation is 1. The second-order valence-electron chi connectivity index (χ2n) is 3.99. The Hall–Kier alpha value is -1.59. The summed E-state index contributed by atoms with van der Waals surface area (Å²) in [5.41, 5.74) is 1.70. The van der Waals surface area contributed by atoms with E-state index in [1.807, 2.05) is 12.1 Å². The van der Waals surface area contributed by atoms with Crippen LogP contribution in [0.1, 0.15) is 12.0 Å². The van der Waals surface area contributed by atoms with E-state index in [0.717, 1.165) is 5.56 Å². The van der Waals surface area contributed by atoms with E-state index in [4.69, 9.17) is 9.84 Å². The van der Waals surface area contributed by atoms with Gasteiger partial charge in [0.05, 0.1) is 12.3 Å². The van der Waals surface area contributed by atoms with E-state index in [1.54, 1.807) is 6.07 Å². The number of amides is 1.